The molecule has 0 unspecified atom stereocenters. The van der Waals surface area contributed by atoms with Gasteiger partial charge in [-0.25, -0.2) is 4.79 Å². The quantitative estimate of drug-likeness (QED) is 0.601. The zero-order valence-electron chi connectivity index (χ0n) is 7.97. The summed E-state index contributed by atoms with van der Waals surface area (Å²) in [5, 5.41) is 8.66. The monoisotopic (exact) mass is 230 g/mol. The predicted octanol–water partition coefficient (Wildman–Crippen LogP) is -0.829. The molecular weight excluding hydrogens is 220 g/mol. The molecule has 0 aliphatic carbocycles. The second-order valence-electron chi connectivity index (χ2n) is 3.26. The van der Waals surface area contributed by atoms with Crippen molar-refractivity contribution in [1.29, 1.82) is 0 Å². The number of fused-ring (bicyclic) bond motifs is 1. The van der Waals surface area contributed by atoms with Crippen LogP contribution in [0.1, 0.15) is 0 Å². The highest BCUT2D eigenvalue weighted by molar-refractivity contribution is 8.04. The third-order valence-electron chi connectivity index (χ3n) is 2.43. The van der Waals surface area contributed by atoms with Crippen molar-refractivity contribution in [3.63, 3.8) is 0 Å². The Hall–Kier alpha value is -1.21. The third-order valence-corrected chi connectivity index (χ3v) is 3.86. The van der Waals surface area contributed by atoms with Gasteiger partial charge in [0.25, 0.3) is 0 Å². The highest BCUT2D eigenvalue weighted by Crippen LogP contribution is 2.40. The molecule has 0 aromatic carbocycles. The number of β-lactam (4-membered cyclic amide) rings is 1. The summed E-state index contributed by atoms with van der Waals surface area (Å²) in [6, 6.07) is -0.595. The molecule has 2 aliphatic rings. The highest BCUT2D eigenvalue weighted by Gasteiger charge is 2.50. The van der Waals surface area contributed by atoms with E-state index < -0.39 is 12.0 Å². The van der Waals surface area contributed by atoms with E-state index in [-0.39, 0.29) is 22.7 Å². The largest absolute Gasteiger partial charge is 0.498 e. The number of methoxy groups -OCH3 is 1. The van der Waals surface area contributed by atoms with Crippen molar-refractivity contribution >= 4 is 23.6 Å². The molecule has 6 nitrogen and oxygen atoms in total. The molecule has 2 heterocycles. The van der Waals surface area contributed by atoms with Gasteiger partial charge >= 0.3 is 5.97 Å². The molecular formula is C8H10N2O4S. The number of thioether (sulfide) groups is 1. The molecule has 0 spiro atoms. The molecule has 2 aliphatic heterocycles. The van der Waals surface area contributed by atoms with Crippen LogP contribution in [0.25, 0.3) is 0 Å². The molecule has 0 radical (unpaired) electrons. The van der Waals surface area contributed by atoms with Gasteiger partial charge in [0.2, 0.25) is 5.91 Å². The van der Waals surface area contributed by atoms with Crippen molar-refractivity contribution in [2.45, 2.75) is 11.4 Å². The summed E-state index contributed by atoms with van der Waals surface area (Å²) in [7, 11) is 1.39. The summed E-state index contributed by atoms with van der Waals surface area (Å²) in [5.41, 5.74) is 5.56. The highest BCUT2D eigenvalue weighted by atomic mass is 32.2. The van der Waals surface area contributed by atoms with Crippen LogP contribution in [-0.2, 0) is 14.3 Å². The number of rotatable bonds is 2. The Balaban J connectivity index is 2.27. The number of ether oxygens (including phenoxy) is 1. The summed E-state index contributed by atoms with van der Waals surface area (Å²) in [5.74, 6) is -0.890. The molecule has 7 heteroatoms. The lowest BCUT2D eigenvalue weighted by Gasteiger charge is -2.47. The molecule has 0 aromatic rings. The molecule has 15 heavy (non-hydrogen) atoms. The Bertz CT molecular complexity index is 368. The Morgan fingerprint density at radius 1 is 1.73 bits per heavy atom. The standard InChI is InChI=1S/C8H10N2O4S/c1-14-3-2-10-6(11)4(9)7(10)15-5(3)8(12)13/h4,7H,2,9H2,1H3,(H,12,13)/t4-,7-/m1/s1. The van der Waals surface area contributed by atoms with Gasteiger partial charge in [-0.1, -0.05) is 11.8 Å². The first-order valence-electron chi connectivity index (χ1n) is 4.29. The van der Waals surface area contributed by atoms with Crippen molar-refractivity contribution < 1.29 is 19.4 Å². The van der Waals surface area contributed by atoms with E-state index in [0.29, 0.717) is 5.76 Å². The first kappa shape index (κ1) is 10.3. The Kier molecular flexibility index (Phi) is 2.35. The molecule has 0 saturated carbocycles. The van der Waals surface area contributed by atoms with Gasteiger partial charge in [-0.15, -0.1) is 0 Å². The number of carboxylic acids is 1. The normalized spacial score (nSPS) is 29.7. The van der Waals surface area contributed by atoms with E-state index in [9.17, 15) is 9.59 Å². The number of carbonyl (C=O) groups is 2. The number of carbonyl (C=O) groups excluding carboxylic acids is 1. The summed E-state index contributed by atoms with van der Waals surface area (Å²) in [4.78, 5) is 23.8. The molecule has 0 aromatic heterocycles. The van der Waals surface area contributed by atoms with Crippen LogP contribution < -0.4 is 5.73 Å². The number of hydrogen-bond acceptors (Lipinski definition) is 5. The first-order chi connectivity index (χ1) is 7.06. The lowest BCUT2D eigenvalue weighted by Crippen LogP contribution is -2.68. The summed E-state index contributed by atoms with van der Waals surface area (Å²) in [6.45, 7) is 0.197. The maximum Gasteiger partial charge on any atom is 0.345 e. The molecule has 82 valence electrons. The van der Waals surface area contributed by atoms with Gasteiger partial charge in [0.15, 0.2) is 0 Å². The average molecular weight is 230 g/mol. The molecule has 2 atom stereocenters. The van der Waals surface area contributed by atoms with Crippen LogP contribution in [0, 0.1) is 0 Å². The maximum absolute atomic E-state index is 11.3. The van der Waals surface area contributed by atoms with E-state index in [2.05, 4.69) is 0 Å². The molecule has 2 rings (SSSR count). The fraction of sp³-hybridized carbons (Fsp3) is 0.500. The molecule has 1 amide bonds. The number of aliphatic carboxylic acids is 1. The van der Waals surface area contributed by atoms with Crippen LogP contribution >= 0.6 is 11.8 Å². The number of amides is 1. The smallest absolute Gasteiger partial charge is 0.345 e. The Morgan fingerprint density at radius 3 is 2.93 bits per heavy atom. The number of carboxylic acid groups (broad SMARTS) is 1. The Morgan fingerprint density at radius 2 is 2.40 bits per heavy atom. The van der Waals surface area contributed by atoms with Crippen LogP contribution in [0.15, 0.2) is 10.7 Å². The number of nitrogens with two attached hydrogens (primary N) is 1. The zero-order chi connectivity index (χ0) is 11.2. The van der Waals surface area contributed by atoms with Gasteiger partial charge in [-0.05, 0) is 0 Å². The first-order valence-corrected chi connectivity index (χ1v) is 5.17. The van der Waals surface area contributed by atoms with Gasteiger partial charge in [-0.3, -0.25) is 4.79 Å². The average Bonchev–Trinajstić information content (AvgIpc) is 2.25. The summed E-state index contributed by atoms with van der Waals surface area (Å²) >= 11 is 1.07. The van der Waals surface area contributed by atoms with Gasteiger partial charge in [0, 0.05) is 0 Å². The second-order valence-corrected chi connectivity index (χ2v) is 4.39. The van der Waals surface area contributed by atoms with E-state index in [0.717, 1.165) is 11.8 Å². The summed E-state index contributed by atoms with van der Waals surface area (Å²) < 4.78 is 4.94. The van der Waals surface area contributed by atoms with Gasteiger partial charge < -0.3 is 20.5 Å². The summed E-state index contributed by atoms with van der Waals surface area (Å²) in [6.07, 6.45) is 0. The van der Waals surface area contributed by atoms with E-state index >= 15 is 0 Å². The van der Waals surface area contributed by atoms with E-state index in [1.807, 2.05) is 0 Å². The fourth-order valence-corrected chi connectivity index (χ4v) is 2.79. The fourth-order valence-electron chi connectivity index (χ4n) is 1.60. The van der Waals surface area contributed by atoms with Crippen molar-refractivity contribution in [2.24, 2.45) is 5.73 Å². The van der Waals surface area contributed by atoms with Gasteiger partial charge in [0.05, 0.1) is 13.7 Å². The SMILES string of the molecule is COC1=C(C(=O)O)S[C@@H]2[C@H](N)C(=O)N2C1. The number of nitrogens with zero attached hydrogens (tertiary/aromatic N) is 1. The van der Waals surface area contributed by atoms with Crippen LogP contribution in [0.3, 0.4) is 0 Å². The van der Waals surface area contributed by atoms with Gasteiger partial charge in [0.1, 0.15) is 22.1 Å². The topological polar surface area (TPSA) is 92.9 Å². The number of hydrogen-bond donors (Lipinski definition) is 2. The van der Waals surface area contributed by atoms with Crippen LogP contribution in [-0.4, -0.2) is 47.0 Å². The van der Waals surface area contributed by atoms with Crippen molar-refractivity contribution in [3.05, 3.63) is 10.7 Å². The maximum atomic E-state index is 11.3. The van der Waals surface area contributed by atoms with Crippen LogP contribution in [0.4, 0.5) is 0 Å². The molecule has 1 fully saturated rings. The van der Waals surface area contributed by atoms with Gasteiger partial charge in [-0.2, -0.15) is 0 Å². The minimum absolute atomic E-state index is 0.140. The minimum Gasteiger partial charge on any atom is -0.498 e. The van der Waals surface area contributed by atoms with Crippen molar-refractivity contribution in [3.8, 4) is 0 Å². The molecule has 3 N–H and O–H groups in total. The van der Waals surface area contributed by atoms with Crippen LogP contribution in [0.5, 0.6) is 0 Å². The van der Waals surface area contributed by atoms with Crippen molar-refractivity contribution in [2.75, 3.05) is 13.7 Å². The lowest BCUT2D eigenvalue weighted by atomic mass is 10.1. The third kappa shape index (κ3) is 1.38. The molecule has 0 bridgehead atoms. The predicted molar refractivity (Wildman–Crippen MR) is 52.7 cm³/mol. The Labute approximate surface area is 90.0 Å². The van der Waals surface area contributed by atoms with E-state index in [1.165, 1.54) is 12.0 Å². The molecule has 1 saturated heterocycles. The van der Waals surface area contributed by atoms with E-state index in [1.54, 1.807) is 0 Å². The minimum atomic E-state index is -1.04. The van der Waals surface area contributed by atoms with Crippen molar-refractivity contribution in [1.82, 2.24) is 4.90 Å². The van der Waals surface area contributed by atoms with E-state index in [4.69, 9.17) is 15.6 Å². The lowest BCUT2D eigenvalue weighted by molar-refractivity contribution is -0.144. The van der Waals surface area contributed by atoms with Crippen LogP contribution in [0.2, 0.25) is 0 Å². The second kappa shape index (κ2) is 3.42. The zero-order valence-corrected chi connectivity index (χ0v) is 8.78.